The standard InChI is InChI=1S/C13H17N3O2/c1-14-12(17)6-7-15-13(18)10-8-16-11-5-3-2-4-9(10)11/h2-5,10,16H,6-8H2,1H3,(H,14,17)(H,15,18). The molecule has 1 atom stereocenters. The number of amides is 2. The van der Waals surface area contributed by atoms with Crippen LogP contribution in [-0.2, 0) is 9.59 Å². The van der Waals surface area contributed by atoms with Crippen LogP contribution in [0.2, 0.25) is 0 Å². The first-order valence-electron chi connectivity index (χ1n) is 6.03. The molecule has 0 aromatic heterocycles. The van der Waals surface area contributed by atoms with Gasteiger partial charge >= 0.3 is 0 Å². The topological polar surface area (TPSA) is 70.2 Å². The number of hydrogen-bond acceptors (Lipinski definition) is 3. The van der Waals surface area contributed by atoms with Crippen molar-refractivity contribution in [2.24, 2.45) is 0 Å². The normalized spacial score (nSPS) is 16.6. The number of para-hydroxylation sites is 1. The van der Waals surface area contributed by atoms with Gasteiger partial charge in [0, 0.05) is 32.2 Å². The number of carbonyl (C=O) groups is 2. The van der Waals surface area contributed by atoms with Crippen molar-refractivity contribution in [3.05, 3.63) is 29.8 Å². The van der Waals surface area contributed by atoms with E-state index in [4.69, 9.17) is 0 Å². The van der Waals surface area contributed by atoms with Crippen molar-refractivity contribution in [2.75, 3.05) is 25.5 Å². The van der Waals surface area contributed by atoms with E-state index in [0.717, 1.165) is 11.3 Å². The van der Waals surface area contributed by atoms with Gasteiger partial charge in [-0.2, -0.15) is 0 Å². The summed E-state index contributed by atoms with van der Waals surface area (Å²) in [5.74, 6) is -0.262. The largest absolute Gasteiger partial charge is 0.384 e. The highest BCUT2D eigenvalue weighted by molar-refractivity contribution is 5.88. The van der Waals surface area contributed by atoms with Crippen molar-refractivity contribution in [1.29, 1.82) is 0 Å². The van der Waals surface area contributed by atoms with Crippen LogP contribution in [0.5, 0.6) is 0 Å². The molecule has 0 saturated heterocycles. The number of carbonyl (C=O) groups excluding carboxylic acids is 2. The van der Waals surface area contributed by atoms with Crippen molar-refractivity contribution < 1.29 is 9.59 Å². The molecule has 0 bridgehead atoms. The number of rotatable bonds is 4. The molecule has 18 heavy (non-hydrogen) atoms. The van der Waals surface area contributed by atoms with Gasteiger partial charge in [0.25, 0.3) is 0 Å². The molecule has 0 saturated carbocycles. The fourth-order valence-electron chi connectivity index (χ4n) is 2.07. The van der Waals surface area contributed by atoms with Gasteiger partial charge in [-0.25, -0.2) is 0 Å². The molecule has 0 radical (unpaired) electrons. The van der Waals surface area contributed by atoms with Crippen LogP contribution in [0, 0.1) is 0 Å². The third kappa shape index (κ3) is 2.61. The minimum atomic E-state index is -0.161. The van der Waals surface area contributed by atoms with Crippen LogP contribution in [0.3, 0.4) is 0 Å². The van der Waals surface area contributed by atoms with Gasteiger partial charge in [0.15, 0.2) is 0 Å². The average Bonchev–Trinajstić information content (AvgIpc) is 2.82. The Bertz CT molecular complexity index is 459. The van der Waals surface area contributed by atoms with E-state index in [1.807, 2.05) is 24.3 Å². The summed E-state index contributed by atoms with van der Waals surface area (Å²) in [7, 11) is 1.58. The van der Waals surface area contributed by atoms with Crippen LogP contribution < -0.4 is 16.0 Å². The summed E-state index contributed by atoms with van der Waals surface area (Å²) in [6.45, 7) is 0.988. The summed E-state index contributed by atoms with van der Waals surface area (Å²) < 4.78 is 0. The van der Waals surface area contributed by atoms with Gasteiger partial charge in [0.1, 0.15) is 0 Å². The van der Waals surface area contributed by atoms with Gasteiger partial charge in [0.05, 0.1) is 5.92 Å². The zero-order chi connectivity index (χ0) is 13.0. The summed E-state index contributed by atoms with van der Waals surface area (Å²) in [6.07, 6.45) is 0.310. The molecule has 1 unspecified atom stereocenters. The van der Waals surface area contributed by atoms with Crippen molar-refractivity contribution in [1.82, 2.24) is 10.6 Å². The maximum absolute atomic E-state index is 12.0. The number of fused-ring (bicyclic) bond motifs is 1. The molecule has 96 valence electrons. The molecule has 1 aliphatic rings. The van der Waals surface area contributed by atoms with Gasteiger partial charge in [0.2, 0.25) is 11.8 Å². The highest BCUT2D eigenvalue weighted by Crippen LogP contribution is 2.30. The maximum Gasteiger partial charge on any atom is 0.229 e. The predicted octanol–water partition coefficient (Wildman–Crippen LogP) is 0.448. The Balaban J connectivity index is 1.90. The van der Waals surface area contributed by atoms with Crippen LogP contribution in [0.25, 0.3) is 0 Å². The molecule has 0 aliphatic carbocycles. The zero-order valence-corrected chi connectivity index (χ0v) is 10.3. The van der Waals surface area contributed by atoms with Crippen molar-refractivity contribution in [2.45, 2.75) is 12.3 Å². The second-order valence-electron chi connectivity index (χ2n) is 4.23. The molecule has 1 aliphatic heterocycles. The van der Waals surface area contributed by atoms with Crippen LogP contribution in [0.15, 0.2) is 24.3 Å². The van der Waals surface area contributed by atoms with Gasteiger partial charge in [-0.3, -0.25) is 9.59 Å². The summed E-state index contributed by atoms with van der Waals surface area (Å²) in [5.41, 5.74) is 2.04. The molecule has 1 aromatic carbocycles. The molecule has 1 aromatic rings. The molecular weight excluding hydrogens is 230 g/mol. The molecule has 0 spiro atoms. The smallest absolute Gasteiger partial charge is 0.229 e. The lowest BCUT2D eigenvalue weighted by atomic mass is 10.0. The predicted molar refractivity (Wildman–Crippen MR) is 69.4 cm³/mol. The van der Waals surface area contributed by atoms with Crippen molar-refractivity contribution in [3.63, 3.8) is 0 Å². The fourth-order valence-corrected chi connectivity index (χ4v) is 2.07. The van der Waals surface area contributed by atoms with E-state index in [1.165, 1.54) is 0 Å². The van der Waals surface area contributed by atoms with Crippen LogP contribution in [0.4, 0.5) is 5.69 Å². The first-order chi connectivity index (χ1) is 8.72. The number of anilines is 1. The minimum absolute atomic E-state index is 0.0312. The van der Waals surface area contributed by atoms with Gasteiger partial charge < -0.3 is 16.0 Å². The summed E-state index contributed by atoms with van der Waals surface area (Å²) in [5, 5.41) is 8.51. The Morgan fingerprint density at radius 2 is 2.17 bits per heavy atom. The summed E-state index contributed by atoms with van der Waals surface area (Å²) in [4.78, 5) is 23.0. The molecule has 0 fully saturated rings. The third-order valence-electron chi connectivity index (χ3n) is 3.08. The van der Waals surface area contributed by atoms with Crippen molar-refractivity contribution in [3.8, 4) is 0 Å². The maximum atomic E-state index is 12.0. The van der Waals surface area contributed by atoms with E-state index in [-0.39, 0.29) is 17.7 Å². The van der Waals surface area contributed by atoms with E-state index in [2.05, 4.69) is 16.0 Å². The van der Waals surface area contributed by atoms with Gasteiger partial charge in [-0.15, -0.1) is 0 Å². The average molecular weight is 247 g/mol. The molecule has 1 heterocycles. The lowest BCUT2D eigenvalue weighted by Gasteiger charge is -2.10. The van der Waals surface area contributed by atoms with E-state index in [9.17, 15) is 9.59 Å². The molecule has 5 heteroatoms. The monoisotopic (exact) mass is 247 g/mol. The quantitative estimate of drug-likeness (QED) is 0.723. The number of benzene rings is 1. The fraction of sp³-hybridized carbons (Fsp3) is 0.385. The lowest BCUT2D eigenvalue weighted by molar-refractivity contribution is -0.122. The summed E-state index contributed by atoms with van der Waals surface area (Å²) in [6, 6.07) is 7.79. The third-order valence-corrected chi connectivity index (χ3v) is 3.08. The summed E-state index contributed by atoms with van der Waals surface area (Å²) >= 11 is 0. The Labute approximate surface area is 106 Å². The Morgan fingerprint density at radius 3 is 2.94 bits per heavy atom. The minimum Gasteiger partial charge on any atom is -0.384 e. The van der Waals surface area contributed by atoms with E-state index in [1.54, 1.807) is 7.05 Å². The number of hydrogen-bond donors (Lipinski definition) is 3. The van der Waals surface area contributed by atoms with Gasteiger partial charge in [-0.1, -0.05) is 18.2 Å². The van der Waals surface area contributed by atoms with E-state index < -0.39 is 0 Å². The van der Waals surface area contributed by atoms with Crippen LogP contribution in [0.1, 0.15) is 17.9 Å². The lowest BCUT2D eigenvalue weighted by Crippen LogP contribution is -2.33. The van der Waals surface area contributed by atoms with Gasteiger partial charge in [-0.05, 0) is 11.6 Å². The zero-order valence-electron chi connectivity index (χ0n) is 10.3. The second-order valence-corrected chi connectivity index (χ2v) is 4.23. The molecule has 5 nitrogen and oxygen atoms in total. The van der Waals surface area contributed by atoms with E-state index >= 15 is 0 Å². The first kappa shape index (κ1) is 12.4. The Kier molecular flexibility index (Phi) is 3.82. The van der Waals surface area contributed by atoms with Crippen molar-refractivity contribution >= 4 is 17.5 Å². The highest BCUT2D eigenvalue weighted by Gasteiger charge is 2.27. The molecule has 2 amide bonds. The van der Waals surface area contributed by atoms with Crippen LogP contribution >= 0.6 is 0 Å². The molecule has 2 rings (SSSR count). The number of nitrogens with one attached hydrogen (secondary N) is 3. The Morgan fingerprint density at radius 1 is 1.39 bits per heavy atom. The Hall–Kier alpha value is -2.04. The second kappa shape index (κ2) is 5.53. The van der Waals surface area contributed by atoms with Crippen LogP contribution in [-0.4, -0.2) is 32.0 Å². The molecule has 3 N–H and O–H groups in total. The highest BCUT2D eigenvalue weighted by atomic mass is 16.2. The first-order valence-corrected chi connectivity index (χ1v) is 6.03. The SMILES string of the molecule is CNC(=O)CCNC(=O)C1CNc2ccccc21. The molecular formula is C13H17N3O2. The van der Waals surface area contributed by atoms with E-state index in [0.29, 0.717) is 19.5 Å².